The largest absolute Gasteiger partial charge is 0.496 e. The SMILES string of the molecule is CCCCNc1nc(N)nc2cn(Cc3c(OC)cc(CN4CCN(C(=O)C5CCC(CN6C(=O)CC(SC[C@H](N)C(=O)O)C6=O)CC5)CC4)cc3OC)nc12. The van der Waals surface area contributed by atoms with Crippen LogP contribution in [-0.4, -0.2) is 134 Å². The van der Waals surface area contributed by atoms with Gasteiger partial charge in [0.25, 0.3) is 0 Å². The fraction of sp³-hybridized carbons (Fsp3) is 0.605. The molecule has 3 fully saturated rings. The van der Waals surface area contributed by atoms with Gasteiger partial charge >= 0.3 is 5.97 Å². The van der Waals surface area contributed by atoms with Crippen molar-refractivity contribution in [1.82, 2.24) is 34.4 Å². The zero-order valence-corrected chi connectivity index (χ0v) is 33.3. The average molecular weight is 795 g/mol. The van der Waals surface area contributed by atoms with E-state index in [-0.39, 0.29) is 47.7 Å². The Labute approximate surface area is 330 Å². The van der Waals surface area contributed by atoms with Crippen LogP contribution in [0.3, 0.4) is 0 Å². The number of nitrogens with zero attached hydrogens (tertiary/aromatic N) is 7. The van der Waals surface area contributed by atoms with Crippen LogP contribution in [0.15, 0.2) is 18.3 Å². The lowest BCUT2D eigenvalue weighted by atomic mass is 9.81. The lowest BCUT2D eigenvalue weighted by Gasteiger charge is -2.38. The van der Waals surface area contributed by atoms with Gasteiger partial charge in [0, 0.05) is 63.9 Å². The van der Waals surface area contributed by atoms with Crippen LogP contribution in [0.2, 0.25) is 0 Å². The van der Waals surface area contributed by atoms with Gasteiger partial charge in [-0.1, -0.05) is 13.3 Å². The summed E-state index contributed by atoms with van der Waals surface area (Å²) >= 11 is 1.13. The molecule has 2 atom stereocenters. The zero-order valence-electron chi connectivity index (χ0n) is 32.4. The minimum atomic E-state index is -1.13. The average Bonchev–Trinajstić information content (AvgIpc) is 3.72. The molecule has 2 aromatic heterocycles. The predicted molar refractivity (Wildman–Crippen MR) is 212 cm³/mol. The fourth-order valence-electron chi connectivity index (χ4n) is 7.77. The summed E-state index contributed by atoms with van der Waals surface area (Å²) < 4.78 is 13.5. The third-order valence-electron chi connectivity index (χ3n) is 11.0. The minimum absolute atomic E-state index is 0.0645. The molecular weight excluding hydrogens is 741 g/mol. The Kier molecular flexibility index (Phi) is 13.5. The molecule has 17 nitrogen and oxygen atoms in total. The highest BCUT2D eigenvalue weighted by molar-refractivity contribution is 8.00. The van der Waals surface area contributed by atoms with Crippen LogP contribution in [0.5, 0.6) is 11.5 Å². The number of benzene rings is 1. The van der Waals surface area contributed by atoms with Gasteiger partial charge < -0.3 is 36.3 Å². The van der Waals surface area contributed by atoms with Crippen molar-refractivity contribution in [2.45, 2.75) is 76.3 Å². The maximum atomic E-state index is 13.6. The van der Waals surface area contributed by atoms with Gasteiger partial charge in [-0.2, -0.15) is 10.1 Å². The Morgan fingerprint density at radius 2 is 1.73 bits per heavy atom. The maximum absolute atomic E-state index is 13.6. The van der Waals surface area contributed by atoms with E-state index in [0.29, 0.717) is 61.1 Å². The first-order valence-electron chi connectivity index (χ1n) is 19.4. The number of ether oxygens (including phenoxy) is 2. The van der Waals surface area contributed by atoms with Crippen LogP contribution < -0.4 is 26.3 Å². The number of nitrogens with two attached hydrogens (primary N) is 2. The third-order valence-corrected chi connectivity index (χ3v) is 12.3. The highest BCUT2D eigenvalue weighted by Gasteiger charge is 2.41. The molecule has 4 heterocycles. The summed E-state index contributed by atoms with van der Waals surface area (Å²) in [4.78, 5) is 64.6. The molecule has 1 aliphatic carbocycles. The topological polar surface area (TPSA) is 224 Å². The number of thioether (sulfide) groups is 1. The second-order valence-electron chi connectivity index (χ2n) is 14.9. The van der Waals surface area contributed by atoms with Crippen molar-refractivity contribution in [1.29, 1.82) is 0 Å². The first-order chi connectivity index (χ1) is 27.0. The molecule has 0 radical (unpaired) electrons. The molecule has 6 rings (SSSR count). The molecule has 3 aromatic rings. The Morgan fingerprint density at radius 3 is 2.38 bits per heavy atom. The van der Waals surface area contributed by atoms with Crippen molar-refractivity contribution in [3.63, 3.8) is 0 Å². The summed E-state index contributed by atoms with van der Waals surface area (Å²) in [6.45, 7) is 7.06. The number of unbranched alkanes of at least 4 members (excludes halogenated alkanes) is 1. The standard InChI is InChI=1S/C38H54N10O7S/c1-4-5-10-41-34-33-28(42-38(40)43-34)21-47(44-33)20-26-29(54-2)15-24(16-30(26)55-3)18-45-11-13-46(14-12-45)35(50)25-8-6-23(7-9-25)19-48-32(49)17-31(36(48)51)56-22-27(39)37(52)53/h15-16,21,23,25,27,31H,4-14,17-20,22,39H2,1-3H3,(H,52,53)(H3,40,41,42,43)/t23?,25?,27-,31?/m0/s1. The van der Waals surface area contributed by atoms with Crippen molar-refractivity contribution < 1.29 is 33.8 Å². The number of likely N-dealkylation sites (tertiary alicyclic amines) is 1. The van der Waals surface area contributed by atoms with Crippen molar-refractivity contribution in [3.05, 3.63) is 29.5 Å². The molecule has 18 heteroatoms. The molecule has 56 heavy (non-hydrogen) atoms. The van der Waals surface area contributed by atoms with E-state index < -0.39 is 17.3 Å². The highest BCUT2D eigenvalue weighted by Crippen LogP contribution is 2.35. The molecule has 304 valence electrons. The van der Waals surface area contributed by atoms with E-state index in [0.717, 1.165) is 81.0 Å². The lowest BCUT2D eigenvalue weighted by Crippen LogP contribution is -2.50. The fourth-order valence-corrected chi connectivity index (χ4v) is 8.88. The Bertz CT molecular complexity index is 1870. The summed E-state index contributed by atoms with van der Waals surface area (Å²) in [6.07, 6.45) is 6.95. The van der Waals surface area contributed by atoms with Crippen molar-refractivity contribution in [2.75, 3.05) is 70.3 Å². The second-order valence-corrected chi connectivity index (χ2v) is 16.1. The van der Waals surface area contributed by atoms with Crippen molar-refractivity contribution in [3.8, 4) is 11.5 Å². The number of hydrogen-bond donors (Lipinski definition) is 4. The van der Waals surface area contributed by atoms with E-state index in [2.05, 4.69) is 27.1 Å². The monoisotopic (exact) mass is 794 g/mol. The third kappa shape index (κ3) is 9.64. The van der Waals surface area contributed by atoms with Gasteiger partial charge in [-0.3, -0.25) is 33.7 Å². The first kappa shape index (κ1) is 41.0. The number of carbonyl (C=O) groups is 4. The van der Waals surface area contributed by atoms with Gasteiger partial charge in [-0.05, 0) is 55.7 Å². The molecular formula is C38H54N10O7S. The number of carboxylic acids is 1. The van der Waals surface area contributed by atoms with Crippen molar-refractivity contribution in [2.24, 2.45) is 17.6 Å². The number of aromatic nitrogens is 4. The normalized spacial score (nSPS) is 21.1. The molecule has 2 saturated heterocycles. The Hall–Kier alpha value is -4.68. The quantitative estimate of drug-likeness (QED) is 0.114. The van der Waals surface area contributed by atoms with Crippen molar-refractivity contribution >= 4 is 58.3 Å². The molecule has 1 aromatic carbocycles. The number of carbonyl (C=O) groups excluding carboxylic acids is 3. The van der Waals surface area contributed by atoms with E-state index in [9.17, 15) is 19.2 Å². The van der Waals surface area contributed by atoms with Crippen LogP contribution in [0, 0.1) is 11.8 Å². The Balaban J connectivity index is 0.989. The molecule has 1 unspecified atom stereocenters. The summed E-state index contributed by atoms with van der Waals surface area (Å²) in [5.74, 6) is 0.883. The molecule has 0 bridgehead atoms. The van der Waals surface area contributed by atoms with Gasteiger partial charge in [0.15, 0.2) is 11.3 Å². The number of nitrogens with one attached hydrogen (secondary N) is 1. The number of amides is 3. The number of carboxylic acid groups (broad SMARTS) is 1. The molecule has 3 aliphatic rings. The number of piperazine rings is 1. The number of methoxy groups -OCH3 is 2. The van der Waals surface area contributed by atoms with Gasteiger partial charge in [0.05, 0.1) is 37.8 Å². The van der Waals surface area contributed by atoms with E-state index in [4.69, 9.17) is 31.1 Å². The number of hydrogen-bond acceptors (Lipinski definition) is 14. The Morgan fingerprint density at radius 1 is 1.04 bits per heavy atom. The van der Waals surface area contributed by atoms with Crippen LogP contribution in [0.25, 0.3) is 11.0 Å². The number of rotatable bonds is 17. The number of anilines is 2. The van der Waals surface area contributed by atoms with Crippen LogP contribution >= 0.6 is 11.8 Å². The van der Waals surface area contributed by atoms with Gasteiger partial charge in [-0.25, -0.2) is 4.98 Å². The summed E-state index contributed by atoms with van der Waals surface area (Å²) in [5.41, 5.74) is 14.8. The minimum Gasteiger partial charge on any atom is -0.496 e. The van der Waals surface area contributed by atoms with E-state index in [1.54, 1.807) is 18.9 Å². The lowest BCUT2D eigenvalue weighted by molar-refractivity contribution is -0.141. The van der Waals surface area contributed by atoms with Gasteiger partial charge in [-0.15, -0.1) is 11.8 Å². The zero-order chi connectivity index (χ0) is 39.9. The smallest absolute Gasteiger partial charge is 0.321 e. The molecule has 2 aliphatic heterocycles. The van der Waals surface area contributed by atoms with Gasteiger partial charge in [0.2, 0.25) is 23.7 Å². The molecule has 6 N–H and O–H groups in total. The number of aliphatic carboxylic acids is 1. The second kappa shape index (κ2) is 18.5. The van der Waals surface area contributed by atoms with E-state index in [1.165, 1.54) is 4.90 Å². The van der Waals surface area contributed by atoms with Crippen LogP contribution in [0.1, 0.15) is 63.0 Å². The summed E-state index contributed by atoms with van der Waals surface area (Å²) in [5, 5.41) is 16.5. The maximum Gasteiger partial charge on any atom is 0.321 e. The van der Waals surface area contributed by atoms with E-state index >= 15 is 0 Å². The van der Waals surface area contributed by atoms with E-state index in [1.807, 2.05) is 23.2 Å². The predicted octanol–water partition coefficient (Wildman–Crippen LogP) is 2.41. The molecule has 3 amide bonds. The summed E-state index contributed by atoms with van der Waals surface area (Å²) in [7, 11) is 3.29. The van der Waals surface area contributed by atoms with Crippen LogP contribution in [0.4, 0.5) is 11.8 Å². The molecule has 0 spiro atoms. The number of fused-ring (bicyclic) bond motifs is 1. The summed E-state index contributed by atoms with van der Waals surface area (Å²) in [6, 6.07) is 2.98. The number of nitrogen functional groups attached to an aromatic ring is 1. The van der Waals surface area contributed by atoms with Crippen LogP contribution in [-0.2, 0) is 32.3 Å². The first-order valence-corrected chi connectivity index (χ1v) is 20.5. The highest BCUT2D eigenvalue weighted by atomic mass is 32.2. The number of imide groups is 1. The van der Waals surface area contributed by atoms with Gasteiger partial charge in [0.1, 0.15) is 23.1 Å². The molecule has 1 saturated carbocycles.